The van der Waals surface area contributed by atoms with Gasteiger partial charge >= 0.3 is 0 Å². The van der Waals surface area contributed by atoms with Gasteiger partial charge in [-0.25, -0.2) is 0 Å². The summed E-state index contributed by atoms with van der Waals surface area (Å²) in [4.78, 5) is 0. The molecule has 1 unspecified atom stereocenters. The third-order valence-corrected chi connectivity index (χ3v) is 9.58. The zero-order valence-electron chi connectivity index (χ0n) is 26.8. The molecular weight excluding hydrogens is 654 g/mol. The van der Waals surface area contributed by atoms with Crippen molar-refractivity contribution in [1.82, 2.24) is 0 Å². The molecule has 4 fully saturated rings. The van der Waals surface area contributed by atoms with Gasteiger partial charge in [-0.1, -0.05) is 30.3 Å². The highest BCUT2D eigenvalue weighted by Crippen LogP contribution is 2.34. The molecule has 1 aromatic rings. The van der Waals surface area contributed by atoms with Gasteiger partial charge in [0.2, 0.25) is 0 Å². The van der Waals surface area contributed by atoms with E-state index >= 15 is 0 Å². The first-order chi connectivity index (χ1) is 23.4. The molecule has 5 rings (SSSR count). The van der Waals surface area contributed by atoms with Crippen LogP contribution in [0.3, 0.4) is 0 Å². The van der Waals surface area contributed by atoms with Crippen LogP contribution in [0.25, 0.3) is 0 Å². The number of hydrogen-bond acceptors (Lipinski definition) is 19. The van der Waals surface area contributed by atoms with E-state index in [1.165, 1.54) is 0 Å². The smallest absolute Gasteiger partial charge is 0.187 e. The number of rotatable bonds is 12. The largest absolute Gasteiger partial charge is 0.394 e. The Morgan fingerprint density at radius 2 is 1.14 bits per heavy atom. The SMILES string of the molecule is NCC1O[C@H](O[C@H]2[C@@H](O)[C@H](O[C@@H]3[C@@H](O)[C@H](N)C[C@H](N)[C@H]3O[C@@H]3O[C@H](CO)[C@@H](OCc4ccccc4)[C@H](O)[C@H]3N)O[C@@H]2CO)[C@H](N)[C@@H](O)[C@@H]1O. The highest BCUT2D eigenvalue weighted by Gasteiger charge is 2.54. The molecule has 17 N–H and O–H groups in total. The van der Waals surface area contributed by atoms with Crippen LogP contribution >= 0.6 is 0 Å². The molecule has 1 saturated carbocycles. The van der Waals surface area contributed by atoms with Gasteiger partial charge in [-0.2, -0.15) is 0 Å². The third kappa shape index (κ3) is 8.26. The quantitative estimate of drug-likeness (QED) is 0.0961. The van der Waals surface area contributed by atoms with Crippen LogP contribution in [0.2, 0.25) is 0 Å². The molecule has 3 aliphatic heterocycles. The lowest BCUT2D eigenvalue weighted by Gasteiger charge is -2.47. The van der Waals surface area contributed by atoms with Crippen LogP contribution in [-0.4, -0.2) is 172 Å². The first kappa shape index (κ1) is 38.7. The summed E-state index contributed by atoms with van der Waals surface area (Å²) < 4.78 is 41.2. The molecule has 0 spiro atoms. The van der Waals surface area contributed by atoms with Crippen molar-refractivity contribution in [3.63, 3.8) is 0 Å². The second-order valence-electron chi connectivity index (χ2n) is 13.0. The Labute approximate surface area is 282 Å². The van der Waals surface area contributed by atoms with E-state index in [-0.39, 0.29) is 19.6 Å². The van der Waals surface area contributed by atoms with E-state index in [0.717, 1.165) is 5.56 Å². The van der Waals surface area contributed by atoms with Crippen molar-refractivity contribution >= 4 is 0 Å². The summed E-state index contributed by atoms with van der Waals surface area (Å²) in [6.07, 6.45) is -19.6. The minimum absolute atomic E-state index is 0.0783. The molecule has 0 radical (unpaired) electrons. The van der Waals surface area contributed by atoms with E-state index in [2.05, 4.69) is 0 Å². The average Bonchev–Trinajstić information content (AvgIpc) is 3.39. The summed E-state index contributed by atoms with van der Waals surface area (Å²) in [7, 11) is 0. The molecular formula is C30H51N5O14. The normalized spacial score (nSPS) is 47.7. The van der Waals surface area contributed by atoms with Crippen LogP contribution in [0.4, 0.5) is 0 Å². The van der Waals surface area contributed by atoms with E-state index in [4.69, 9.17) is 61.8 Å². The number of hydrogen-bond donors (Lipinski definition) is 12. The Hall–Kier alpha value is -1.54. The van der Waals surface area contributed by atoms with Crippen molar-refractivity contribution in [1.29, 1.82) is 0 Å². The van der Waals surface area contributed by atoms with Crippen LogP contribution < -0.4 is 28.7 Å². The topological polar surface area (TPSA) is 336 Å². The van der Waals surface area contributed by atoms with Crippen LogP contribution in [-0.2, 0) is 39.8 Å². The fraction of sp³-hybridized carbons (Fsp3) is 0.800. The van der Waals surface area contributed by atoms with Crippen LogP contribution in [0.5, 0.6) is 0 Å². The van der Waals surface area contributed by atoms with Crippen molar-refractivity contribution < 1.29 is 68.9 Å². The Kier molecular flexibility index (Phi) is 13.3. The number of benzene rings is 1. The monoisotopic (exact) mass is 705 g/mol. The van der Waals surface area contributed by atoms with E-state index in [1.54, 1.807) is 0 Å². The van der Waals surface area contributed by atoms with Crippen molar-refractivity contribution in [3.05, 3.63) is 35.9 Å². The van der Waals surface area contributed by atoms with Gasteiger partial charge in [0, 0.05) is 18.6 Å². The first-order valence-electron chi connectivity index (χ1n) is 16.3. The minimum Gasteiger partial charge on any atom is -0.394 e. The molecule has 280 valence electrons. The maximum absolute atomic E-state index is 11.2. The number of aliphatic hydroxyl groups is 7. The molecule has 1 aliphatic carbocycles. The molecule has 19 atom stereocenters. The van der Waals surface area contributed by atoms with Gasteiger partial charge in [0.15, 0.2) is 18.9 Å². The predicted octanol–water partition coefficient (Wildman–Crippen LogP) is -6.64. The van der Waals surface area contributed by atoms with Crippen LogP contribution in [0.1, 0.15) is 12.0 Å². The molecule has 3 saturated heterocycles. The van der Waals surface area contributed by atoms with E-state index in [0.29, 0.717) is 0 Å². The molecule has 4 aliphatic rings. The van der Waals surface area contributed by atoms with Gasteiger partial charge in [-0.05, 0) is 12.0 Å². The Morgan fingerprint density at radius 1 is 0.592 bits per heavy atom. The zero-order valence-corrected chi connectivity index (χ0v) is 26.8. The standard InChI is InChI=1S/C30H51N5O14/c31-7-14-20(39)21(40)17(34)28(44-14)48-26-16(9-37)46-30(23(26)42)49-27-19(38)12(32)6-13(33)24(27)47-29-18(35)22(41)25(15(8-36)45-29)43-10-11-4-2-1-3-5-11/h1-5,12-30,36-42H,6-10,31-35H2/t12-,13+,14?,15-,16-,17-,18-,19+,20-,21-,22-,23-,24-,25-,26-,27-,28-,29+,30+/m1/s1. The fourth-order valence-corrected chi connectivity index (χ4v) is 6.66. The van der Waals surface area contributed by atoms with Gasteiger partial charge in [-0.3, -0.25) is 0 Å². The Morgan fingerprint density at radius 3 is 1.78 bits per heavy atom. The second-order valence-corrected chi connectivity index (χ2v) is 13.0. The molecule has 3 heterocycles. The summed E-state index contributed by atoms with van der Waals surface area (Å²) in [6.45, 7) is -1.25. The molecule has 1 aromatic carbocycles. The van der Waals surface area contributed by atoms with Crippen molar-refractivity contribution in [2.24, 2.45) is 28.7 Å². The molecule has 0 aromatic heterocycles. The van der Waals surface area contributed by atoms with Gasteiger partial charge in [0.25, 0.3) is 0 Å². The molecule has 19 nitrogen and oxygen atoms in total. The van der Waals surface area contributed by atoms with Crippen LogP contribution in [0, 0.1) is 0 Å². The van der Waals surface area contributed by atoms with Gasteiger partial charge in [0.1, 0.15) is 67.1 Å². The van der Waals surface area contributed by atoms with Crippen LogP contribution in [0.15, 0.2) is 30.3 Å². The summed E-state index contributed by atoms with van der Waals surface area (Å²) in [6, 6.07) is 4.99. The molecule has 19 heteroatoms. The lowest BCUT2D eigenvalue weighted by atomic mass is 9.84. The van der Waals surface area contributed by atoms with E-state index in [9.17, 15) is 35.7 Å². The van der Waals surface area contributed by atoms with Crippen molar-refractivity contribution in [2.45, 2.75) is 129 Å². The average molecular weight is 706 g/mol. The van der Waals surface area contributed by atoms with Crippen molar-refractivity contribution in [2.75, 3.05) is 19.8 Å². The van der Waals surface area contributed by atoms with Gasteiger partial charge in [-0.15, -0.1) is 0 Å². The molecule has 0 amide bonds. The molecule has 0 bridgehead atoms. The number of ether oxygens (including phenoxy) is 7. The highest BCUT2D eigenvalue weighted by molar-refractivity contribution is 5.13. The maximum atomic E-state index is 11.2. The van der Waals surface area contributed by atoms with E-state index < -0.39 is 129 Å². The third-order valence-electron chi connectivity index (χ3n) is 9.58. The number of aliphatic hydroxyl groups excluding tert-OH is 7. The summed E-state index contributed by atoms with van der Waals surface area (Å²) in [5.74, 6) is 0. The predicted molar refractivity (Wildman–Crippen MR) is 165 cm³/mol. The highest BCUT2D eigenvalue weighted by atomic mass is 16.8. The zero-order chi connectivity index (χ0) is 35.6. The molecule has 49 heavy (non-hydrogen) atoms. The summed E-state index contributed by atoms with van der Waals surface area (Å²) in [5.41, 5.74) is 31.4. The summed E-state index contributed by atoms with van der Waals surface area (Å²) >= 11 is 0. The van der Waals surface area contributed by atoms with E-state index in [1.807, 2.05) is 30.3 Å². The lowest BCUT2D eigenvalue weighted by Crippen LogP contribution is -2.68. The lowest BCUT2D eigenvalue weighted by molar-refractivity contribution is -0.315. The minimum atomic E-state index is -1.62. The Balaban J connectivity index is 1.28. The van der Waals surface area contributed by atoms with Gasteiger partial charge < -0.3 is 97.6 Å². The maximum Gasteiger partial charge on any atom is 0.187 e. The first-order valence-corrected chi connectivity index (χ1v) is 16.3. The second kappa shape index (κ2) is 16.9. The van der Waals surface area contributed by atoms with Gasteiger partial charge in [0.05, 0.1) is 38.0 Å². The summed E-state index contributed by atoms with van der Waals surface area (Å²) in [5, 5.41) is 74.2. The Bertz CT molecular complexity index is 1160. The fourth-order valence-electron chi connectivity index (χ4n) is 6.66. The van der Waals surface area contributed by atoms with Crippen molar-refractivity contribution in [3.8, 4) is 0 Å². The number of nitrogens with two attached hydrogens (primary N) is 5.